The summed E-state index contributed by atoms with van der Waals surface area (Å²) < 4.78 is 7.33. The van der Waals surface area contributed by atoms with Crippen molar-refractivity contribution in [3.05, 3.63) is 66.1 Å². The van der Waals surface area contributed by atoms with Crippen molar-refractivity contribution in [3.8, 4) is 0 Å². The zero-order chi connectivity index (χ0) is 22.3. The third-order valence-corrected chi connectivity index (χ3v) is 4.39. The number of ether oxygens (including phenoxy) is 1. The highest BCUT2D eigenvalue weighted by molar-refractivity contribution is 5.79. The van der Waals surface area contributed by atoms with Gasteiger partial charge in [0, 0.05) is 19.8 Å². The molecule has 1 atom stereocenters. The molecule has 0 radical (unpaired) electrons. The summed E-state index contributed by atoms with van der Waals surface area (Å²) in [4.78, 5) is 16.6. The van der Waals surface area contributed by atoms with E-state index in [0.29, 0.717) is 19.0 Å². The number of aliphatic imine (C=N–C) groups is 1. The van der Waals surface area contributed by atoms with E-state index in [1.165, 1.54) is 0 Å². The number of hydrogen-bond acceptors (Lipinski definition) is 5. The third kappa shape index (κ3) is 6.43. The van der Waals surface area contributed by atoms with Crippen LogP contribution < -0.4 is 16.0 Å². The number of amides is 1. The number of alkyl carbamates (subject to hydrolysis) is 1. The molecule has 2 heterocycles. The summed E-state index contributed by atoms with van der Waals surface area (Å²) in [5, 5.41) is 17.8. The average Bonchev–Trinajstić information content (AvgIpc) is 3.15. The predicted octanol–water partition coefficient (Wildman–Crippen LogP) is 2.66. The number of rotatable bonds is 6. The molecule has 0 bridgehead atoms. The van der Waals surface area contributed by atoms with Crippen molar-refractivity contribution < 1.29 is 9.53 Å². The maximum atomic E-state index is 12.3. The summed E-state index contributed by atoms with van der Waals surface area (Å²) in [7, 11) is 1.69. The van der Waals surface area contributed by atoms with E-state index in [1.807, 2.05) is 79.9 Å². The highest BCUT2D eigenvalue weighted by Crippen LogP contribution is 2.14. The molecule has 9 heteroatoms. The van der Waals surface area contributed by atoms with Gasteiger partial charge in [0.05, 0.1) is 12.6 Å². The van der Waals surface area contributed by atoms with Crippen LogP contribution in [0.3, 0.4) is 0 Å². The van der Waals surface area contributed by atoms with Gasteiger partial charge in [-0.25, -0.2) is 4.79 Å². The Morgan fingerprint density at radius 1 is 1.10 bits per heavy atom. The van der Waals surface area contributed by atoms with Crippen molar-refractivity contribution in [2.24, 2.45) is 4.99 Å². The number of guanidine groups is 1. The standard InChI is InChI=1S/C22H29N7O2/c1-22(2,3)31-21(30)26-17(16-10-6-5-7-11-16)14-24-20(23-4)25-15-19-28-27-18-12-8-9-13-29(18)19/h5-13,17H,14-15H2,1-4H3,(H,26,30)(H2,23,24,25). The monoisotopic (exact) mass is 423 g/mol. The van der Waals surface area contributed by atoms with Gasteiger partial charge < -0.3 is 20.7 Å². The fourth-order valence-electron chi connectivity index (χ4n) is 2.98. The van der Waals surface area contributed by atoms with Crippen molar-refractivity contribution in [1.82, 2.24) is 30.5 Å². The van der Waals surface area contributed by atoms with Crippen LogP contribution in [-0.2, 0) is 11.3 Å². The highest BCUT2D eigenvalue weighted by atomic mass is 16.6. The number of pyridine rings is 1. The molecule has 0 aliphatic rings. The van der Waals surface area contributed by atoms with E-state index in [1.54, 1.807) is 7.05 Å². The summed E-state index contributed by atoms with van der Waals surface area (Å²) in [6.45, 7) is 6.37. The highest BCUT2D eigenvalue weighted by Gasteiger charge is 2.21. The molecule has 0 fully saturated rings. The first-order valence-corrected chi connectivity index (χ1v) is 10.1. The number of nitrogens with one attached hydrogen (secondary N) is 3. The Hall–Kier alpha value is -3.62. The molecule has 1 amide bonds. The van der Waals surface area contributed by atoms with Crippen LogP contribution in [0.1, 0.15) is 38.2 Å². The lowest BCUT2D eigenvalue weighted by Gasteiger charge is -2.24. The number of hydrogen-bond donors (Lipinski definition) is 3. The second-order valence-corrected chi connectivity index (χ2v) is 7.96. The van der Waals surface area contributed by atoms with E-state index in [4.69, 9.17) is 4.74 Å². The number of fused-ring (bicyclic) bond motifs is 1. The van der Waals surface area contributed by atoms with Gasteiger partial charge in [-0.3, -0.25) is 9.39 Å². The quantitative estimate of drug-likeness (QED) is 0.416. The van der Waals surface area contributed by atoms with Crippen LogP contribution >= 0.6 is 0 Å². The lowest BCUT2D eigenvalue weighted by molar-refractivity contribution is 0.0504. The minimum absolute atomic E-state index is 0.302. The SMILES string of the molecule is CN=C(NCc1nnc2ccccn12)NCC(NC(=O)OC(C)(C)C)c1ccccc1. The molecule has 164 valence electrons. The average molecular weight is 424 g/mol. The van der Waals surface area contributed by atoms with Crippen LogP contribution in [0.5, 0.6) is 0 Å². The van der Waals surface area contributed by atoms with E-state index in [2.05, 4.69) is 31.1 Å². The number of benzene rings is 1. The number of nitrogens with zero attached hydrogens (tertiary/aromatic N) is 4. The van der Waals surface area contributed by atoms with Crippen LogP contribution in [0, 0.1) is 0 Å². The van der Waals surface area contributed by atoms with E-state index < -0.39 is 11.7 Å². The van der Waals surface area contributed by atoms with E-state index in [0.717, 1.165) is 17.0 Å². The maximum absolute atomic E-state index is 12.3. The molecule has 3 rings (SSSR count). The first kappa shape index (κ1) is 22.1. The van der Waals surface area contributed by atoms with Gasteiger partial charge in [-0.15, -0.1) is 10.2 Å². The van der Waals surface area contributed by atoms with Gasteiger partial charge in [0.1, 0.15) is 5.60 Å². The van der Waals surface area contributed by atoms with Gasteiger partial charge in [0.25, 0.3) is 0 Å². The normalized spacial score (nSPS) is 13.0. The summed E-state index contributed by atoms with van der Waals surface area (Å²) in [5.41, 5.74) is 1.17. The number of carbonyl (C=O) groups is 1. The van der Waals surface area contributed by atoms with Crippen molar-refractivity contribution in [2.45, 2.75) is 39.0 Å². The molecule has 0 spiro atoms. The molecule has 31 heavy (non-hydrogen) atoms. The van der Waals surface area contributed by atoms with Crippen LogP contribution in [0.15, 0.2) is 59.7 Å². The van der Waals surface area contributed by atoms with Gasteiger partial charge in [-0.2, -0.15) is 0 Å². The Morgan fingerprint density at radius 3 is 2.55 bits per heavy atom. The predicted molar refractivity (Wildman–Crippen MR) is 120 cm³/mol. The van der Waals surface area contributed by atoms with Gasteiger partial charge in [-0.1, -0.05) is 36.4 Å². The molecule has 0 saturated carbocycles. The summed E-state index contributed by atoms with van der Waals surface area (Å²) in [6, 6.07) is 15.2. The molecule has 2 aromatic heterocycles. The van der Waals surface area contributed by atoms with Gasteiger partial charge in [0.15, 0.2) is 17.4 Å². The molecular formula is C22H29N7O2. The van der Waals surface area contributed by atoms with Crippen molar-refractivity contribution >= 4 is 17.7 Å². The maximum Gasteiger partial charge on any atom is 0.408 e. The molecule has 0 aliphatic carbocycles. The fraction of sp³-hybridized carbons (Fsp3) is 0.364. The largest absolute Gasteiger partial charge is 0.444 e. The molecule has 3 N–H and O–H groups in total. The molecular weight excluding hydrogens is 394 g/mol. The van der Waals surface area contributed by atoms with Gasteiger partial charge in [-0.05, 0) is 38.5 Å². The van der Waals surface area contributed by atoms with Gasteiger partial charge in [0.2, 0.25) is 0 Å². The lowest BCUT2D eigenvalue weighted by atomic mass is 10.1. The van der Waals surface area contributed by atoms with E-state index >= 15 is 0 Å². The fourth-order valence-corrected chi connectivity index (χ4v) is 2.98. The first-order chi connectivity index (χ1) is 14.9. The first-order valence-electron chi connectivity index (χ1n) is 10.1. The van der Waals surface area contributed by atoms with Crippen molar-refractivity contribution in [1.29, 1.82) is 0 Å². The molecule has 0 saturated heterocycles. The van der Waals surface area contributed by atoms with Crippen LogP contribution in [0.25, 0.3) is 5.65 Å². The Bertz CT molecular complexity index is 1030. The van der Waals surface area contributed by atoms with Crippen molar-refractivity contribution in [3.63, 3.8) is 0 Å². The Kier molecular flexibility index (Phi) is 7.07. The minimum Gasteiger partial charge on any atom is -0.444 e. The molecule has 9 nitrogen and oxygen atoms in total. The second kappa shape index (κ2) is 9.92. The van der Waals surface area contributed by atoms with Crippen LogP contribution in [0.4, 0.5) is 4.79 Å². The van der Waals surface area contributed by atoms with Crippen LogP contribution in [-0.4, -0.2) is 45.8 Å². The number of carbonyl (C=O) groups excluding carboxylic acids is 1. The van der Waals surface area contributed by atoms with E-state index in [9.17, 15) is 4.79 Å². The van der Waals surface area contributed by atoms with Crippen molar-refractivity contribution in [2.75, 3.05) is 13.6 Å². The zero-order valence-electron chi connectivity index (χ0n) is 18.3. The lowest BCUT2D eigenvalue weighted by Crippen LogP contribution is -2.44. The summed E-state index contributed by atoms with van der Waals surface area (Å²) in [5.74, 6) is 1.35. The smallest absolute Gasteiger partial charge is 0.408 e. The third-order valence-electron chi connectivity index (χ3n) is 4.39. The Labute approximate surface area is 181 Å². The molecule has 1 unspecified atom stereocenters. The Balaban J connectivity index is 1.62. The zero-order valence-corrected chi connectivity index (χ0v) is 18.3. The topological polar surface area (TPSA) is 105 Å². The summed E-state index contributed by atoms with van der Waals surface area (Å²) in [6.07, 6.45) is 1.44. The molecule has 0 aliphatic heterocycles. The minimum atomic E-state index is -0.572. The van der Waals surface area contributed by atoms with Gasteiger partial charge >= 0.3 is 6.09 Å². The van der Waals surface area contributed by atoms with E-state index in [-0.39, 0.29) is 6.04 Å². The number of aromatic nitrogens is 3. The molecule has 1 aromatic carbocycles. The van der Waals surface area contributed by atoms with Crippen LogP contribution in [0.2, 0.25) is 0 Å². The second-order valence-electron chi connectivity index (χ2n) is 7.96. The summed E-state index contributed by atoms with van der Waals surface area (Å²) >= 11 is 0. The Morgan fingerprint density at radius 2 is 1.84 bits per heavy atom. The molecule has 3 aromatic rings.